The van der Waals surface area contributed by atoms with Crippen molar-refractivity contribution in [3.63, 3.8) is 0 Å². The lowest BCUT2D eigenvalue weighted by Crippen LogP contribution is -2.41. The summed E-state index contributed by atoms with van der Waals surface area (Å²) in [4.78, 5) is 12.7. The van der Waals surface area contributed by atoms with Crippen molar-refractivity contribution in [2.45, 2.75) is 32.9 Å². The summed E-state index contributed by atoms with van der Waals surface area (Å²) in [6.07, 6.45) is 0.234. The molecule has 0 aliphatic rings. The summed E-state index contributed by atoms with van der Waals surface area (Å²) in [5, 5.41) is 0. The molecule has 78 valence electrons. The summed E-state index contributed by atoms with van der Waals surface area (Å²) >= 11 is 0. The number of hydrogen-bond acceptors (Lipinski definition) is 3. The van der Waals surface area contributed by atoms with Crippen molar-refractivity contribution in [3.8, 4) is 0 Å². The molecule has 0 spiro atoms. The van der Waals surface area contributed by atoms with Gasteiger partial charge >= 0.3 is 0 Å². The highest BCUT2D eigenvalue weighted by Gasteiger charge is 2.13. The molecule has 1 unspecified atom stereocenters. The molecule has 0 saturated carbocycles. The minimum Gasteiger partial charge on any atom is -0.377 e. The van der Waals surface area contributed by atoms with Gasteiger partial charge in [0.05, 0.1) is 18.8 Å². The van der Waals surface area contributed by atoms with Crippen LogP contribution in [-0.2, 0) is 9.53 Å². The Morgan fingerprint density at radius 1 is 1.46 bits per heavy atom. The van der Waals surface area contributed by atoms with Gasteiger partial charge in [-0.05, 0) is 27.8 Å². The average molecular weight is 188 g/mol. The smallest absolute Gasteiger partial charge is 0.234 e. The number of primary amides is 1. The zero-order chi connectivity index (χ0) is 10.4. The van der Waals surface area contributed by atoms with Gasteiger partial charge in [0.1, 0.15) is 0 Å². The van der Waals surface area contributed by atoms with Gasteiger partial charge in [-0.25, -0.2) is 0 Å². The number of nitrogens with zero attached hydrogens (tertiary/aromatic N) is 1. The Bertz CT molecular complexity index is 160. The Kier molecular flexibility index (Phi) is 5.66. The number of hydrogen-bond donors (Lipinski definition) is 1. The lowest BCUT2D eigenvalue weighted by atomic mass is 10.3. The van der Waals surface area contributed by atoms with Crippen molar-refractivity contribution in [3.05, 3.63) is 0 Å². The van der Waals surface area contributed by atoms with E-state index in [9.17, 15) is 4.79 Å². The molecule has 2 N–H and O–H groups in total. The lowest BCUT2D eigenvalue weighted by molar-refractivity contribution is -0.122. The molecule has 0 fully saturated rings. The maximum atomic E-state index is 10.8. The molecule has 4 heteroatoms. The molecule has 1 amide bonds. The van der Waals surface area contributed by atoms with E-state index < -0.39 is 0 Å². The molecular formula is C9H20N2O2. The normalized spacial score (nSPS) is 13.7. The first kappa shape index (κ1) is 12.4. The molecule has 0 aromatic carbocycles. The van der Waals surface area contributed by atoms with Gasteiger partial charge in [-0.1, -0.05) is 0 Å². The number of carbonyl (C=O) groups is 1. The van der Waals surface area contributed by atoms with Crippen LogP contribution in [0.2, 0.25) is 0 Å². The highest BCUT2D eigenvalue weighted by atomic mass is 16.5. The van der Waals surface area contributed by atoms with E-state index >= 15 is 0 Å². The van der Waals surface area contributed by atoms with Crippen LogP contribution >= 0.6 is 0 Å². The Morgan fingerprint density at radius 2 is 2.00 bits per heavy atom. The van der Waals surface area contributed by atoms with Gasteiger partial charge in [0.2, 0.25) is 5.91 Å². The van der Waals surface area contributed by atoms with Gasteiger partial charge in [-0.2, -0.15) is 0 Å². The first-order valence-electron chi connectivity index (χ1n) is 4.56. The van der Waals surface area contributed by atoms with Crippen LogP contribution in [-0.4, -0.2) is 43.2 Å². The molecule has 0 aliphatic carbocycles. The zero-order valence-electron chi connectivity index (χ0n) is 8.91. The van der Waals surface area contributed by atoms with E-state index in [1.807, 2.05) is 25.8 Å². The van der Waals surface area contributed by atoms with Crippen LogP contribution in [0.25, 0.3) is 0 Å². The van der Waals surface area contributed by atoms with Gasteiger partial charge in [-0.3, -0.25) is 9.69 Å². The number of ether oxygens (including phenoxy) is 1. The van der Waals surface area contributed by atoms with E-state index in [4.69, 9.17) is 10.5 Å². The summed E-state index contributed by atoms with van der Waals surface area (Å²) in [6.45, 7) is 7.11. The van der Waals surface area contributed by atoms with Crippen molar-refractivity contribution in [1.29, 1.82) is 0 Å². The Balaban J connectivity index is 3.61. The summed E-state index contributed by atoms with van der Waals surface area (Å²) in [7, 11) is 1.86. The highest BCUT2D eigenvalue weighted by Crippen LogP contribution is 1.95. The second-order valence-corrected chi connectivity index (χ2v) is 3.48. The van der Waals surface area contributed by atoms with E-state index in [2.05, 4.69) is 0 Å². The number of likely N-dealkylation sites (N-methyl/N-ethyl adjacent to an activating group) is 1. The Morgan fingerprint density at radius 3 is 2.38 bits per heavy atom. The molecule has 0 aromatic heterocycles. The van der Waals surface area contributed by atoms with E-state index in [0.29, 0.717) is 6.61 Å². The summed E-state index contributed by atoms with van der Waals surface area (Å²) in [5.41, 5.74) is 5.15. The summed E-state index contributed by atoms with van der Waals surface area (Å²) in [6, 6.07) is -0.226. The largest absolute Gasteiger partial charge is 0.377 e. The predicted molar refractivity (Wildman–Crippen MR) is 52.4 cm³/mol. The van der Waals surface area contributed by atoms with Crippen LogP contribution in [0, 0.1) is 0 Å². The molecule has 0 radical (unpaired) electrons. The lowest BCUT2D eigenvalue weighted by Gasteiger charge is -2.22. The third-order valence-electron chi connectivity index (χ3n) is 1.97. The van der Waals surface area contributed by atoms with E-state index in [1.165, 1.54) is 0 Å². The molecule has 1 atom stereocenters. The van der Waals surface area contributed by atoms with Crippen LogP contribution in [0.5, 0.6) is 0 Å². The molecule has 4 nitrogen and oxygen atoms in total. The third kappa shape index (κ3) is 5.60. The molecule has 0 aliphatic heterocycles. The number of rotatable bonds is 6. The van der Waals surface area contributed by atoms with Crippen molar-refractivity contribution < 1.29 is 9.53 Å². The van der Waals surface area contributed by atoms with Gasteiger partial charge in [0.15, 0.2) is 0 Å². The summed E-state index contributed by atoms with van der Waals surface area (Å²) in [5.74, 6) is -0.299. The zero-order valence-corrected chi connectivity index (χ0v) is 8.91. The SMILES string of the molecule is CC(C)OCCN(C)C(C)C(N)=O. The van der Waals surface area contributed by atoms with Gasteiger partial charge in [0.25, 0.3) is 0 Å². The van der Waals surface area contributed by atoms with Crippen molar-refractivity contribution in [1.82, 2.24) is 4.90 Å². The second-order valence-electron chi connectivity index (χ2n) is 3.48. The van der Waals surface area contributed by atoms with Crippen LogP contribution in [0.15, 0.2) is 0 Å². The molecule has 0 saturated heterocycles. The van der Waals surface area contributed by atoms with Crippen molar-refractivity contribution in [2.24, 2.45) is 5.73 Å². The molecular weight excluding hydrogens is 168 g/mol. The standard InChI is InChI=1S/C9H20N2O2/c1-7(2)13-6-5-11(4)8(3)9(10)12/h7-8H,5-6H2,1-4H3,(H2,10,12). The average Bonchev–Trinajstić information content (AvgIpc) is 2.02. The Labute approximate surface area is 80.0 Å². The fraction of sp³-hybridized carbons (Fsp3) is 0.889. The third-order valence-corrected chi connectivity index (χ3v) is 1.97. The van der Waals surface area contributed by atoms with E-state index in [0.717, 1.165) is 6.54 Å². The molecule has 0 heterocycles. The maximum absolute atomic E-state index is 10.8. The van der Waals surface area contributed by atoms with E-state index in [-0.39, 0.29) is 18.1 Å². The second kappa shape index (κ2) is 5.94. The van der Waals surface area contributed by atoms with E-state index in [1.54, 1.807) is 6.92 Å². The molecule has 0 rings (SSSR count). The topological polar surface area (TPSA) is 55.6 Å². The fourth-order valence-electron chi connectivity index (χ4n) is 0.843. The number of nitrogens with two attached hydrogens (primary N) is 1. The quantitative estimate of drug-likeness (QED) is 0.648. The van der Waals surface area contributed by atoms with Crippen LogP contribution in [0.3, 0.4) is 0 Å². The number of carbonyl (C=O) groups excluding carboxylic acids is 1. The van der Waals surface area contributed by atoms with Crippen molar-refractivity contribution >= 4 is 5.91 Å². The Hall–Kier alpha value is -0.610. The number of amides is 1. The first-order valence-corrected chi connectivity index (χ1v) is 4.56. The van der Waals surface area contributed by atoms with Crippen LogP contribution in [0.1, 0.15) is 20.8 Å². The molecule has 13 heavy (non-hydrogen) atoms. The van der Waals surface area contributed by atoms with Gasteiger partial charge in [-0.15, -0.1) is 0 Å². The molecule has 0 bridgehead atoms. The minimum atomic E-state index is -0.299. The van der Waals surface area contributed by atoms with Crippen molar-refractivity contribution in [2.75, 3.05) is 20.2 Å². The fourth-order valence-corrected chi connectivity index (χ4v) is 0.843. The molecule has 0 aromatic rings. The monoisotopic (exact) mass is 188 g/mol. The summed E-state index contributed by atoms with van der Waals surface area (Å²) < 4.78 is 5.35. The van der Waals surface area contributed by atoms with Gasteiger partial charge < -0.3 is 10.5 Å². The predicted octanol–water partition coefficient (Wildman–Crippen LogP) is 0.217. The minimum absolute atomic E-state index is 0.226. The van der Waals surface area contributed by atoms with Crippen LogP contribution < -0.4 is 5.73 Å². The first-order chi connectivity index (χ1) is 5.95. The maximum Gasteiger partial charge on any atom is 0.234 e. The van der Waals surface area contributed by atoms with Gasteiger partial charge in [0, 0.05) is 6.54 Å². The highest BCUT2D eigenvalue weighted by molar-refractivity contribution is 5.79. The van der Waals surface area contributed by atoms with Crippen LogP contribution in [0.4, 0.5) is 0 Å².